The number of nitrogens with zero attached hydrogens (tertiary/aromatic N) is 1. The third-order valence-electron chi connectivity index (χ3n) is 4.85. The van der Waals surface area contributed by atoms with E-state index >= 15 is 0 Å². The van der Waals surface area contributed by atoms with Crippen LogP contribution in [0.25, 0.3) is 10.9 Å². The molecule has 0 aliphatic carbocycles. The normalized spacial score (nSPS) is 17.8. The third kappa shape index (κ3) is 4.41. The van der Waals surface area contributed by atoms with Gasteiger partial charge in [-0.1, -0.05) is 25.1 Å². The summed E-state index contributed by atoms with van der Waals surface area (Å²) in [7, 11) is -3.48. The van der Waals surface area contributed by atoms with Gasteiger partial charge in [0, 0.05) is 30.2 Å². The summed E-state index contributed by atoms with van der Waals surface area (Å²) in [5.41, 5.74) is 1.92. The van der Waals surface area contributed by atoms with Crippen LogP contribution < -0.4 is 4.72 Å². The number of likely N-dealkylation sites (tertiary alicyclic amines) is 1. The van der Waals surface area contributed by atoms with Crippen LogP contribution in [0.3, 0.4) is 0 Å². The highest BCUT2D eigenvalue weighted by Gasteiger charge is 2.29. The van der Waals surface area contributed by atoms with Gasteiger partial charge in [0.2, 0.25) is 15.9 Å². The number of para-hydroxylation sites is 1. The fourth-order valence-corrected chi connectivity index (χ4v) is 4.11. The van der Waals surface area contributed by atoms with Crippen molar-refractivity contribution in [1.29, 1.82) is 0 Å². The average Bonchev–Trinajstić information content (AvgIpc) is 2.96. The molecule has 1 fully saturated rings. The maximum atomic E-state index is 12.9. The minimum atomic E-state index is -3.48. The van der Waals surface area contributed by atoms with Gasteiger partial charge in [-0.05, 0) is 36.8 Å². The highest BCUT2D eigenvalue weighted by Crippen LogP contribution is 2.21. The Labute approximate surface area is 148 Å². The number of sulfonamides is 1. The molecule has 1 atom stereocenters. The molecule has 7 heteroatoms. The monoisotopic (exact) mass is 363 g/mol. The van der Waals surface area contributed by atoms with Crippen molar-refractivity contribution >= 4 is 26.8 Å². The van der Waals surface area contributed by atoms with E-state index in [0.29, 0.717) is 25.4 Å². The molecule has 3 rings (SSSR count). The highest BCUT2D eigenvalue weighted by molar-refractivity contribution is 7.88. The van der Waals surface area contributed by atoms with Crippen LogP contribution in [0, 0.1) is 5.92 Å². The summed E-state index contributed by atoms with van der Waals surface area (Å²) < 4.78 is 26.1. The standard InChI is InChI=1S/C18H25N3O3S/c1-13-7-9-21(10-8-13)18(22)17(20-25(2,23)24)11-14-12-19-16-6-4-3-5-15(14)16/h3-6,12-13,17,19-20H,7-11H2,1-2H3/t17-/m0/s1. The van der Waals surface area contributed by atoms with Gasteiger partial charge in [-0.15, -0.1) is 0 Å². The molecule has 1 amide bonds. The van der Waals surface area contributed by atoms with Gasteiger partial charge < -0.3 is 9.88 Å². The fraction of sp³-hybridized carbons (Fsp3) is 0.500. The van der Waals surface area contributed by atoms with E-state index in [0.717, 1.165) is 35.6 Å². The smallest absolute Gasteiger partial charge is 0.241 e. The van der Waals surface area contributed by atoms with E-state index in [9.17, 15) is 13.2 Å². The first-order chi connectivity index (χ1) is 11.8. The number of amides is 1. The van der Waals surface area contributed by atoms with Gasteiger partial charge in [0.1, 0.15) is 6.04 Å². The van der Waals surface area contributed by atoms with Crippen LogP contribution in [0.5, 0.6) is 0 Å². The molecule has 1 aromatic carbocycles. The quantitative estimate of drug-likeness (QED) is 0.851. The van der Waals surface area contributed by atoms with E-state index < -0.39 is 16.1 Å². The van der Waals surface area contributed by atoms with Crippen molar-refractivity contribution in [3.8, 4) is 0 Å². The van der Waals surface area contributed by atoms with Gasteiger partial charge >= 0.3 is 0 Å². The molecule has 0 bridgehead atoms. The van der Waals surface area contributed by atoms with E-state index in [4.69, 9.17) is 0 Å². The van der Waals surface area contributed by atoms with Crippen molar-refractivity contribution in [2.45, 2.75) is 32.2 Å². The highest BCUT2D eigenvalue weighted by atomic mass is 32.2. The van der Waals surface area contributed by atoms with Crippen LogP contribution in [0.2, 0.25) is 0 Å². The molecule has 0 radical (unpaired) electrons. The van der Waals surface area contributed by atoms with Gasteiger partial charge in [-0.3, -0.25) is 4.79 Å². The third-order valence-corrected chi connectivity index (χ3v) is 5.56. The van der Waals surface area contributed by atoms with Gasteiger partial charge in [-0.25, -0.2) is 13.1 Å². The Bertz CT molecular complexity index is 851. The SMILES string of the molecule is CC1CCN(C(=O)[C@H](Cc2c[nH]c3ccccc23)NS(C)(=O)=O)CC1. The van der Waals surface area contributed by atoms with E-state index in [2.05, 4.69) is 16.6 Å². The average molecular weight is 363 g/mol. The molecule has 1 aliphatic rings. The van der Waals surface area contributed by atoms with E-state index in [1.807, 2.05) is 30.5 Å². The van der Waals surface area contributed by atoms with Crippen molar-refractivity contribution in [3.05, 3.63) is 36.0 Å². The molecule has 0 spiro atoms. The minimum absolute atomic E-state index is 0.136. The molecule has 0 unspecified atom stereocenters. The minimum Gasteiger partial charge on any atom is -0.361 e. The van der Waals surface area contributed by atoms with Gasteiger partial charge in [-0.2, -0.15) is 0 Å². The summed E-state index contributed by atoms with van der Waals surface area (Å²) in [4.78, 5) is 17.9. The number of hydrogen-bond donors (Lipinski definition) is 2. The fourth-order valence-electron chi connectivity index (χ4n) is 3.41. The Morgan fingerprint density at radius 2 is 2.00 bits per heavy atom. The lowest BCUT2D eigenvalue weighted by atomic mass is 9.98. The predicted molar refractivity (Wildman–Crippen MR) is 98.7 cm³/mol. The van der Waals surface area contributed by atoms with Gasteiger partial charge in [0.25, 0.3) is 0 Å². The van der Waals surface area contributed by atoms with E-state index in [-0.39, 0.29) is 5.91 Å². The van der Waals surface area contributed by atoms with Crippen LogP contribution in [-0.4, -0.2) is 49.6 Å². The van der Waals surface area contributed by atoms with Crippen LogP contribution in [0.1, 0.15) is 25.3 Å². The number of piperidine rings is 1. The molecule has 136 valence electrons. The van der Waals surface area contributed by atoms with Crippen molar-refractivity contribution in [1.82, 2.24) is 14.6 Å². The number of carbonyl (C=O) groups excluding carboxylic acids is 1. The number of hydrogen-bond acceptors (Lipinski definition) is 3. The summed E-state index contributed by atoms with van der Waals surface area (Å²) >= 11 is 0. The molecule has 6 nitrogen and oxygen atoms in total. The number of aromatic amines is 1. The molecule has 1 aliphatic heterocycles. The second-order valence-corrected chi connectivity index (χ2v) is 8.79. The molecule has 25 heavy (non-hydrogen) atoms. The molecule has 1 aromatic heterocycles. The van der Waals surface area contributed by atoms with Gasteiger partial charge in [0.15, 0.2) is 0 Å². The zero-order chi connectivity index (χ0) is 18.0. The van der Waals surface area contributed by atoms with E-state index in [1.165, 1.54) is 0 Å². The first kappa shape index (κ1) is 17.9. The van der Waals surface area contributed by atoms with E-state index in [1.54, 1.807) is 4.90 Å². The first-order valence-electron chi connectivity index (χ1n) is 8.64. The summed E-state index contributed by atoms with van der Waals surface area (Å²) in [5, 5.41) is 1.02. The largest absolute Gasteiger partial charge is 0.361 e. The first-order valence-corrected chi connectivity index (χ1v) is 10.5. The lowest BCUT2D eigenvalue weighted by Gasteiger charge is -2.33. The second-order valence-electron chi connectivity index (χ2n) is 7.01. The molecular weight excluding hydrogens is 338 g/mol. The van der Waals surface area contributed by atoms with Crippen molar-refractivity contribution in [2.75, 3.05) is 19.3 Å². The number of carbonyl (C=O) groups is 1. The predicted octanol–water partition coefficient (Wildman–Crippen LogP) is 1.89. The van der Waals surface area contributed by atoms with Gasteiger partial charge in [0.05, 0.1) is 6.26 Å². The molecular formula is C18H25N3O3S. The van der Waals surface area contributed by atoms with Crippen molar-refractivity contribution < 1.29 is 13.2 Å². The van der Waals surface area contributed by atoms with Crippen LogP contribution >= 0.6 is 0 Å². The molecule has 0 saturated carbocycles. The lowest BCUT2D eigenvalue weighted by Crippen LogP contribution is -2.51. The summed E-state index contributed by atoms with van der Waals surface area (Å²) in [6.07, 6.45) is 5.21. The zero-order valence-electron chi connectivity index (χ0n) is 14.7. The number of fused-ring (bicyclic) bond motifs is 1. The number of nitrogens with one attached hydrogen (secondary N) is 2. The Morgan fingerprint density at radius 3 is 2.68 bits per heavy atom. The second kappa shape index (κ2) is 7.17. The molecule has 2 heterocycles. The number of H-pyrrole nitrogens is 1. The summed E-state index contributed by atoms with van der Waals surface area (Å²) in [6, 6.07) is 7.04. The molecule has 2 aromatic rings. The zero-order valence-corrected chi connectivity index (χ0v) is 15.5. The Kier molecular flexibility index (Phi) is 5.15. The summed E-state index contributed by atoms with van der Waals surface area (Å²) in [5.74, 6) is 0.474. The Balaban J connectivity index is 1.83. The topological polar surface area (TPSA) is 82.3 Å². The van der Waals surface area contributed by atoms with Crippen LogP contribution in [0.15, 0.2) is 30.5 Å². The van der Waals surface area contributed by atoms with Crippen LogP contribution in [-0.2, 0) is 21.2 Å². The lowest BCUT2D eigenvalue weighted by molar-refractivity contribution is -0.134. The Morgan fingerprint density at radius 1 is 1.32 bits per heavy atom. The number of benzene rings is 1. The molecule has 1 saturated heterocycles. The number of rotatable bonds is 5. The number of aromatic nitrogens is 1. The van der Waals surface area contributed by atoms with Crippen LogP contribution in [0.4, 0.5) is 0 Å². The summed E-state index contributed by atoms with van der Waals surface area (Å²) in [6.45, 7) is 3.56. The van der Waals surface area contributed by atoms with Crippen molar-refractivity contribution in [2.24, 2.45) is 5.92 Å². The maximum absolute atomic E-state index is 12.9. The maximum Gasteiger partial charge on any atom is 0.241 e. The van der Waals surface area contributed by atoms with Crippen molar-refractivity contribution in [3.63, 3.8) is 0 Å². The Hall–Kier alpha value is -1.86. The molecule has 2 N–H and O–H groups in total.